The predicted octanol–water partition coefficient (Wildman–Crippen LogP) is 3.87. The fourth-order valence-corrected chi connectivity index (χ4v) is 3.58. The second kappa shape index (κ2) is 20.6. The highest BCUT2D eigenvalue weighted by atomic mass is 16.6. The van der Waals surface area contributed by atoms with Gasteiger partial charge in [0.25, 0.3) is 0 Å². The lowest BCUT2D eigenvalue weighted by molar-refractivity contribution is 0.0266. The van der Waals surface area contributed by atoms with Gasteiger partial charge in [-0.05, 0) is 60.7 Å². The molecule has 2 N–H and O–H groups in total. The lowest BCUT2D eigenvalue weighted by Gasteiger charge is -2.12. The number of rotatable bonds is 23. The SMILES string of the molecule is COC(=O)c1cc(OCCOCCOCCOc2ccc(O)cc2)cc(OCCOCCOCCOc2ccc(O)cc2)c1. The van der Waals surface area contributed by atoms with Crippen molar-refractivity contribution in [1.82, 2.24) is 0 Å². The Labute approximate surface area is 256 Å². The van der Waals surface area contributed by atoms with Crippen LogP contribution < -0.4 is 18.9 Å². The molecule has 0 saturated heterocycles. The molecule has 0 aliphatic rings. The van der Waals surface area contributed by atoms with Crippen molar-refractivity contribution < 1.29 is 57.6 Å². The van der Waals surface area contributed by atoms with Crippen LogP contribution in [0.4, 0.5) is 0 Å². The third-order valence-corrected chi connectivity index (χ3v) is 5.70. The fourth-order valence-electron chi connectivity index (χ4n) is 3.58. The van der Waals surface area contributed by atoms with E-state index < -0.39 is 5.97 Å². The summed E-state index contributed by atoms with van der Waals surface area (Å²) in [6, 6.07) is 17.8. The third-order valence-electron chi connectivity index (χ3n) is 5.70. The van der Waals surface area contributed by atoms with Crippen LogP contribution in [0.15, 0.2) is 66.7 Å². The van der Waals surface area contributed by atoms with Crippen molar-refractivity contribution in [1.29, 1.82) is 0 Å². The van der Waals surface area contributed by atoms with Crippen LogP contribution in [0.3, 0.4) is 0 Å². The minimum absolute atomic E-state index is 0.186. The first-order valence-electron chi connectivity index (χ1n) is 14.2. The number of phenols is 2. The molecule has 3 rings (SSSR count). The molecule has 0 unspecified atom stereocenters. The summed E-state index contributed by atoms with van der Waals surface area (Å²) in [5.74, 6) is 2.07. The standard InChI is InChI=1S/C32H40O12/c1-36-32(35)25-22-30(43-20-16-39-12-10-37-14-18-41-28-6-2-26(33)3-7-28)24-31(23-25)44-21-17-40-13-11-38-15-19-42-29-8-4-27(34)5-9-29/h2-9,22-24,33-34H,10-21H2,1H3. The Morgan fingerprint density at radius 3 is 1.14 bits per heavy atom. The molecule has 240 valence electrons. The topological polar surface area (TPSA) is 141 Å². The first kappa shape index (κ1) is 34.3. The summed E-state index contributed by atoms with van der Waals surface area (Å²) in [6.45, 7) is 4.32. The molecule has 0 radical (unpaired) electrons. The largest absolute Gasteiger partial charge is 0.508 e. The quantitative estimate of drug-likeness (QED) is 0.118. The third kappa shape index (κ3) is 14.3. The molecule has 0 saturated carbocycles. The average molecular weight is 617 g/mol. The molecular weight excluding hydrogens is 576 g/mol. The summed E-state index contributed by atoms with van der Waals surface area (Å²) in [6.07, 6.45) is 0. The first-order valence-corrected chi connectivity index (χ1v) is 14.2. The van der Waals surface area contributed by atoms with Crippen LogP contribution in [0.5, 0.6) is 34.5 Å². The molecule has 0 atom stereocenters. The number of hydrogen-bond donors (Lipinski definition) is 2. The number of hydrogen-bond acceptors (Lipinski definition) is 12. The Bertz CT molecular complexity index is 1120. The van der Waals surface area contributed by atoms with Gasteiger partial charge in [0, 0.05) is 6.07 Å². The van der Waals surface area contributed by atoms with E-state index in [1.807, 2.05) is 0 Å². The molecule has 12 heteroatoms. The van der Waals surface area contributed by atoms with E-state index in [9.17, 15) is 15.0 Å². The number of carbonyl (C=O) groups is 1. The van der Waals surface area contributed by atoms with Crippen LogP contribution in [-0.2, 0) is 23.7 Å². The highest BCUT2D eigenvalue weighted by molar-refractivity contribution is 5.90. The maximum atomic E-state index is 12.1. The number of methoxy groups -OCH3 is 1. The van der Waals surface area contributed by atoms with Gasteiger partial charge >= 0.3 is 5.97 Å². The van der Waals surface area contributed by atoms with Crippen molar-refractivity contribution in [2.75, 3.05) is 86.4 Å². The van der Waals surface area contributed by atoms with Crippen LogP contribution >= 0.6 is 0 Å². The predicted molar refractivity (Wildman–Crippen MR) is 159 cm³/mol. The van der Waals surface area contributed by atoms with Gasteiger partial charge < -0.3 is 52.8 Å². The number of phenolic OH excluding ortho intramolecular Hbond substituents is 2. The minimum Gasteiger partial charge on any atom is -0.508 e. The second-order valence-electron chi connectivity index (χ2n) is 9.02. The van der Waals surface area contributed by atoms with Gasteiger partial charge in [-0.1, -0.05) is 0 Å². The summed E-state index contributed by atoms with van der Waals surface area (Å²) in [5, 5.41) is 18.5. The molecule has 0 fully saturated rings. The number of ether oxygens (including phenoxy) is 9. The van der Waals surface area contributed by atoms with Gasteiger partial charge in [0.2, 0.25) is 0 Å². The second-order valence-corrected chi connectivity index (χ2v) is 9.02. The number of esters is 1. The summed E-state index contributed by atoms with van der Waals surface area (Å²) in [4.78, 5) is 12.1. The van der Waals surface area contributed by atoms with Crippen molar-refractivity contribution in [3.05, 3.63) is 72.3 Å². The van der Waals surface area contributed by atoms with E-state index in [1.54, 1.807) is 66.7 Å². The van der Waals surface area contributed by atoms with Crippen LogP contribution in [-0.4, -0.2) is 103 Å². The number of carbonyl (C=O) groups excluding carboxylic acids is 1. The van der Waals surface area contributed by atoms with E-state index in [4.69, 9.17) is 42.6 Å². The van der Waals surface area contributed by atoms with Gasteiger partial charge in [-0.3, -0.25) is 0 Å². The van der Waals surface area contributed by atoms with E-state index in [0.717, 1.165) is 0 Å². The molecule has 0 aromatic heterocycles. The lowest BCUT2D eigenvalue weighted by Crippen LogP contribution is -2.14. The highest BCUT2D eigenvalue weighted by Crippen LogP contribution is 2.24. The zero-order valence-corrected chi connectivity index (χ0v) is 24.8. The Kier molecular flexibility index (Phi) is 16.1. The van der Waals surface area contributed by atoms with Crippen LogP contribution in [0.2, 0.25) is 0 Å². The van der Waals surface area contributed by atoms with Crippen LogP contribution in [0.1, 0.15) is 10.4 Å². The van der Waals surface area contributed by atoms with Crippen molar-refractivity contribution in [3.63, 3.8) is 0 Å². The summed E-state index contributed by atoms with van der Waals surface area (Å²) < 4.78 is 49.4. The molecule has 44 heavy (non-hydrogen) atoms. The van der Waals surface area contributed by atoms with Crippen molar-refractivity contribution in [3.8, 4) is 34.5 Å². The number of aromatic hydroxyl groups is 2. The van der Waals surface area contributed by atoms with Gasteiger partial charge in [-0.2, -0.15) is 0 Å². The average Bonchev–Trinajstić information content (AvgIpc) is 3.04. The van der Waals surface area contributed by atoms with Crippen molar-refractivity contribution in [2.45, 2.75) is 0 Å². The number of benzene rings is 3. The summed E-state index contributed by atoms with van der Waals surface area (Å²) in [7, 11) is 1.31. The molecular formula is C32H40O12. The van der Waals surface area contributed by atoms with Crippen LogP contribution in [0.25, 0.3) is 0 Å². The Morgan fingerprint density at radius 2 is 0.795 bits per heavy atom. The van der Waals surface area contributed by atoms with E-state index in [2.05, 4.69) is 0 Å². The Balaban J connectivity index is 1.23. The molecule has 0 heterocycles. The lowest BCUT2D eigenvalue weighted by atomic mass is 10.2. The maximum Gasteiger partial charge on any atom is 0.338 e. The molecule has 12 nitrogen and oxygen atoms in total. The zero-order chi connectivity index (χ0) is 31.2. The maximum absolute atomic E-state index is 12.1. The van der Waals surface area contributed by atoms with E-state index in [-0.39, 0.29) is 24.7 Å². The zero-order valence-electron chi connectivity index (χ0n) is 24.8. The molecule has 0 aliphatic carbocycles. The van der Waals surface area contributed by atoms with E-state index in [0.29, 0.717) is 94.6 Å². The van der Waals surface area contributed by atoms with Crippen molar-refractivity contribution in [2.24, 2.45) is 0 Å². The van der Waals surface area contributed by atoms with Gasteiger partial charge in [-0.15, -0.1) is 0 Å². The fraction of sp³-hybridized carbons (Fsp3) is 0.406. The molecule has 0 aliphatic heterocycles. The van der Waals surface area contributed by atoms with Crippen molar-refractivity contribution >= 4 is 5.97 Å². The Hall–Kier alpha value is -4.23. The molecule has 0 spiro atoms. The molecule has 3 aromatic carbocycles. The summed E-state index contributed by atoms with van der Waals surface area (Å²) >= 11 is 0. The normalized spacial score (nSPS) is 10.8. The van der Waals surface area contributed by atoms with Gasteiger partial charge in [0.15, 0.2) is 0 Å². The first-order chi connectivity index (χ1) is 21.5. The molecule has 0 bridgehead atoms. The Morgan fingerprint density at radius 1 is 0.477 bits per heavy atom. The minimum atomic E-state index is -0.508. The van der Waals surface area contributed by atoms with Gasteiger partial charge in [0.05, 0.1) is 65.5 Å². The van der Waals surface area contributed by atoms with E-state index in [1.165, 1.54) is 7.11 Å². The molecule has 0 amide bonds. The van der Waals surface area contributed by atoms with Gasteiger partial charge in [0.1, 0.15) is 60.9 Å². The molecule has 3 aromatic rings. The smallest absolute Gasteiger partial charge is 0.338 e. The highest BCUT2D eigenvalue weighted by Gasteiger charge is 2.11. The van der Waals surface area contributed by atoms with Crippen LogP contribution in [0, 0.1) is 0 Å². The van der Waals surface area contributed by atoms with E-state index >= 15 is 0 Å². The monoisotopic (exact) mass is 616 g/mol. The van der Waals surface area contributed by atoms with Gasteiger partial charge in [-0.25, -0.2) is 4.79 Å². The summed E-state index contributed by atoms with van der Waals surface area (Å²) in [5.41, 5.74) is 0.299.